The maximum absolute atomic E-state index is 6.02. The quantitative estimate of drug-likeness (QED) is 0.903. The molecule has 0 aliphatic carbocycles. The highest BCUT2D eigenvalue weighted by Crippen LogP contribution is 2.27. The predicted octanol–water partition coefficient (Wildman–Crippen LogP) is 2.91. The summed E-state index contributed by atoms with van der Waals surface area (Å²) in [5.74, 6) is 1.84. The van der Waals surface area contributed by atoms with E-state index in [0.717, 1.165) is 12.1 Å². The maximum Gasteiger partial charge on any atom is 0.235 e. The minimum absolute atomic E-state index is 0.468. The van der Waals surface area contributed by atoms with Crippen molar-refractivity contribution in [1.82, 2.24) is 10.2 Å². The molecule has 0 amide bonds. The van der Waals surface area contributed by atoms with E-state index in [0.29, 0.717) is 29.1 Å². The zero-order chi connectivity index (χ0) is 13.0. The molecule has 0 fully saturated rings. The van der Waals surface area contributed by atoms with Gasteiger partial charge in [-0.15, -0.1) is 10.2 Å². The topological polar surface area (TPSA) is 60.2 Å². The van der Waals surface area contributed by atoms with Gasteiger partial charge in [0.25, 0.3) is 0 Å². The first kappa shape index (κ1) is 12.7. The van der Waals surface area contributed by atoms with Crippen LogP contribution in [0.3, 0.4) is 0 Å². The third kappa shape index (κ3) is 2.92. The van der Waals surface area contributed by atoms with Crippen LogP contribution in [0, 0.1) is 0 Å². The highest BCUT2D eigenvalue weighted by atomic mass is 35.5. The van der Waals surface area contributed by atoms with Gasteiger partial charge in [0.05, 0.1) is 18.7 Å². The molecule has 0 bridgehead atoms. The molecule has 1 aromatic carbocycles. The fourth-order valence-corrected chi connectivity index (χ4v) is 1.71. The van der Waals surface area contributed by atoms with E-state index in [4.69, 9.17) is 20.8 Å². The Kier molecular flexibility index (Phi) is 4.04. The van der Waals surface area contributed by atoms with Crippen molar-refractivity contribution >= 4 is 17.3 Å². The van der Waals surface area contributed by atoms with Gasteiger partial charge in [0.2, 0.25) is 11.8 Å². The van der Waals surface area contributed by atoms with Crippen LogP contribution < -0.4 is 10.1 Å². The van der Waals surface area contributed by atoms with Crippen LogP contribution in [0.1, 0.15) is 18.7 Å². The van der Waals surface area contributed by atoms with Crippen molar-refractivity contribution < 1.29 is 9.15 Å². The van der Waals surface area contributed by atoms with Crippen molar-refractivity contribution in [2.45, 2.75) is 19.9 Å². The van der Waals surface area contributed by atoms with Gasteiger partial charge in [-0.1, -0.05) is 18.5 Å². The van der Waals surface area contributed by atoms with Gasteiger partial charge in [0.1, 0.15) is 5.75 Å². The van der Waals surface area contributed by atoms with Crippen LogP contribution in [0.25, 0.3) is 0 Å². The van der Waals surface area contributed by atoms with Crippen molar-refractivity contribution in [3.8, 4) is 5.75 Å². The summed E-state index contributed by atoms with van der Waals surface area (Å²) < 4.78 is 10.5. The summed E-state index contributed by atoms with van der Waals surface area (Å²) in [5.41, 5.74) is 0.872. The highest BCUT2D eigenvalue weighted by molar-refractivity contribution is 6.32. The lowest BCUT2D eigenvalue weighted by atomic mass is 10.3. The number of hydrogen-bond acceptors (Lipinski definition) is 5. The molecule has 18 heavy (non-hydrogen) atoms. The molecule has 2 rings (SSSR count). The van der Waals surface area contributed by atoms with Crippen LogP contribution in [0.4, 0.5) is 5.69 Å². The molecule has 0 atom stereocenters. The van der Waals surface area contributed by atoms with E-state index in [1.54, 1.807) is 19.2 Å². The standard InChI is InChI=1S/C12H14ClN3O2/c1-3-11-15-16-12(18-11)7-14-8-4-5-10(17-2)9(13)6-8/h4-6,14H,3,7H2,1-2H3. The van der Waals surface area contributed by atoms with Gasteiger partial charge in [-0.2, -0.15) is 0 Å². The summed E-state index contributed by atoms with van der Waals surface area (Å²) in [6, 6.07) is 5.47. The molecule has 0 spiro atoms. The third-order valence-electron chi connectivity index (χ3n) is 2.41. The lowest BCUT2D eigenvalue weighted by Gasteiger charge is -2.07. The van der Waals surface area contributed by atoms with E-state index in [-0.39, 0.29) is 0 Å². The zero-order valence-corrected chi connectivity index (χ0v) is 11.0. The van der Waals surface area contributed by atoms with Crippen LogP contribution in [0.5, 0.6) is 5.75 Å². The second kappa shape index (κ2) is 5.73. The molecule has 0 saturated heterocycles. The van der Waals surface area contributed by atoms with Crippen molar-refractivity contribution in [1.29, 1.82) is 0 Å². The Bertz CT molecular complexity index is 528. The number of methoxy groups -OCH3 is 1. The van der Waals surface area contributed by atoms with Gasteiger partial charge in [-0.05, 0) is 18.2 Å². The van der Waals surface area contributed by atoms with Crippen LogP contribution in [-0.4, -0.2) is 17.3 Å². The highest BCUT2D eigenvalue weighted by Gasteiger charge is 2.05. The number of nitrogens with zero attached hydrogens (tertiary/aromatic N) is 2. The van der Waals surface area contributed by atoms with Crippen LogP contribution in [0.15, 0.2) is 22.6 Å². The fourth-order valence-electron chi connectivity index (χ4n) is 1.46. The molecule has 0 saturated carbocycles. The van der Waals surface area contributed by atoms with Crippen LogP contribution in [0.2, 0.25) is 5.02 Å². The number of anilines is 1. The predicted molar refractivity (Wildman–Crippen MR) is 69.0 cm³/mol. The fraction of sp³-hybridized carbons (Fsp3) is 0.333. The maximum atomic E-state index is 6.02. The Hall–Kier alpha value is -1.75. The van der Waals surface area contributed by atoms with E-state index in [9.17, 15) is 0 Å². The molecule has 1 N–H and O–H groups in total. The minimum Gasteiger partial charge on any atom is -0.495 e. The number of ether oxygens (including phenoxy) is 1. The summed E-state index contributed by atoms with van der Waals surface area (Å²) in [5, 5.41) is 11.5. The molecule has 1 aromatic heterocycles. The SMILES string of the molecule is CCc1nnc(CNc2ccc(OC)c(Cl)c2)o1. The Morgan fingerprint density at radius 3 is 2.72 bits per heavy atom. The number of halogens is 1. The monoisotopic (exact) mass is 267 g/mol. The largest absolute Gasteiger partial charge is 0.495 e. The minimum atomic E-state index is 0.468. The molecule has 96 valence electrons. The summed E-state index contributed by atoms with van der Waals surface area (Å²) in [7, 11) is 1.58. The molecule has 2 aromatic rings. The van der Waals surface area contributed by atoms with Gasteiger partial charge in [0, 0.05) is 12.1 Å². The summed E-state index contributed by atoms with van der Waals surface area (Å²) >= 11 is 6.02. The molecular formula is C12H14ClN3O2. The molecule has 5 nitrogen and oxygen atoms in total. The van der Waals surface area contributed by atoms with Gasteiger partial charge in [-0.3, -0.25) is 0 Å². The van der Waals surface area contributed by atoms with Crippen molar-refractivity contribution in [2.75, 3.05) is 12.4 Å². The van der Waals surface area contributed by atoms with E-state index in [1.165, 1.54) is 0 Å². The Labute approximate surface area is 110 Å². The Balaban J connectivity index is 1.99. The second-order valence-electron chi connectivity index (χ2n) is 3.65. The van der Waals surface area contributed by atoms with E-state index < -0.39 is 0 Å². The van der Waals surface area contributed by atoms with E-state index >= 15 is 0 Å². The molecular weight excluding hydrogens is 254 g/mol. The van der Waals surface area contributed by atoms with Gasteiger partial charge in [-0.25, -0.2) is 0 Å². The van der Waals surface area contributed by atoms with Crippen LogP contribution >= 0.6 is 11.6 Å². The van der Waals surface area contributed by atoms with E-state index in [1.807, 2.05) is 13.0 Å². The van der Waals surface area contributed by atoms with Gasteiger partial charge in [0.15, 0.2) is 0 Å². The summed E-state index contributed by atoms with van der Waals surface area (Å²) in [6.45, 7) is 2.43. The number of rotatable bonds is 5. The summed E-state index contributed by atoms with van der Waals surface area (Å²) in [6.07, 6.45) is 0.737. The van der Waals surface area contributed by atoms with Crippen molar-refractivity contribution in [3.05, 3.63) is 35.0 Å². The van der Waals surface area contributed by atoms with Gasteiger partial charge < -0.3 is 14.5 Å². The molecule has 1 heterocycles. The number of benzene rings is 1. The first-order valence-electron chi connectivity index (χ1n) is 5.61. The number of hydrogen-bond donors (Lipinski definition) is 1. The first-order chi connectivity index (χ1) is 8.72. The average Bonchev–Trinajstić information content (AvgIpc) is 2.84. The lowest BCUT2D eigenvalue weighted by Crippen LogP contribution is -1.99. The smallest absolute Gasteiger partial charge is 0.235 e. The Morgan fingerprint density at radius 2 is 2.11 bits per heavy atom. The normalized spacial score (nSPS) is 10.4. The number of aryl methyl sites for hydroxylation is 1. The zero-order valence-electron chi connectivity index (χ0n) is 10.2. The molecule has 0 radical (unpaired) electrons. The first-order valence-corrected chi connectivity index (χ1v) is 5.99. The lowest BCUT2D eigenvalue weighted by molar-refractivity contribution is 0.415. The third-order valence-corrected chi connectivity index (χ3v) is 2.70. The van der Waals surface area contributed by atoms with Crippen molar-refractivity contribution in [2.24, 2.45) is 0 Å². The molecule has 0 aliphatic rings. The number of aromatic nitrogens is 2. The molecule has 0 unspecified atom stereocenters. The molecule has 6 heteroatoms. The molecule has 0 aliphatic heterocycles. The number of nitrogens with one attached hydrogen (secondary N) is 1. The Morgan fingerprint density at radius 1 is 1.33 bits per heavy atom. The summed E-state index contributed by atoms with van der Waals surface area (Å²) in [4.78, 5) is 0. The second-order valence-corrected chi connectivity index (χ2v) is 4.05. The van der Waals surface area contributed by atoms with Crippen molar-refractivity contribution in [3.63, 3.8) is 0 Å². The van der Waals surface area contributed by atoms with Crippen LogP contribution in [-0.2, 0) is 13.0 Å². The average molecular weight is 268 g/mol. The van der Waals surface area contributed by atoms with Gasteiger partial charge >= 0.3 is 0 Å². The van der Waals surface area contributed by atoms with E-state index in [2.05, 4.69) is 15.5 Å².